The number of carboxylic acids is 1. The number of aliphatic hydroxyl groups is 1. The van der Waals surface area contributed by atoms with Crippen LogP contribution >= 0.6 is 0 Å². The molecule has 1 radical (unpaired) electrons. The Hall–Kier alpha value is 0.0916. The molecule has 0 saturated heterocycles. The zero-order valence-electron chi connectivity index (χ0n) is 8.19. The predicted octanol–water partition coefficient (Wildman–Crippen LogP) is 1.42. The summed E-state index contributed by atoms with van der Waals surface area (Å²) in [4.78, 5) is 10.5. The first-order valence-electron chi connectivity index (χ1n) is 4.01. The van der Waals surface area contributed by atoms with Gasteiger partial charge in [0.2, 0.25) is 0 Å². The van der Waals surface area contributed by atoms with Gasteiger partial charge in [0.15, 0.2) is 6.10 Å². The van der Waals surface area contributed by atoms with Crippen molar-refractivity contribution in [1.29, 1.82) is 0 Å². The summed E-state index contributed by atoms with van der Waals surface area (Å²) < 4.78 is 0. The van der Waals surface area contributed by atoms with E-state index in [1.165, 1.54) is 0 Å². The Morgan fingerprint density at radius 1 is 1.36 bits per heavy atom. The normalized spacial score (nSPS) is 11.6. The maximum absolute atomic E-state index is 10.5. The zero-order chi connectivity index (χ0) is 10.0. The smallest absolute Gasteiger partial charge is 0.337 e. The molecule has 1 aromatic carbocycles. The first kappa shape index (κ1) is 14.1. The predicted molar refractivity (Wildman–Crippen MR) is 48.5 cm³/mol. The second kappa shape index (κ2) is 5.85. The summed E-state index contributed by atoms with van der Waals surface area (Å²) in [6.07, 6.45) is -1.42. The van der Waals surface area contributed by atoms with Crippen molar-refractivity contribution in [3.63, 3.8) is 0 Å². The molecule has 73 valence electrons. The van der Waals surface area contributed by atoms with Crippen molar-refractivity contribution in [2.24, 2.45) is 0 Å². The van der Waals surface area contributed by atoms with Crippen LogP contribution in [-0.4, -0.2) is 16.2 Å². The van der Waals surface area contributed by atoms with Crippen LogP contribution in [0.25, 0.3) is 0 Å². The number of aliphatic hydroxyl groups excluding tert-OH is 1. The van der Waals surface area contributed by atoms with E-state index in [0.717, 1.165) is 11.1 Å². The van der Waals surface area contributed by atoms with Crippen LogP contribution in [0.3, 0.4) is 0 Å². The van der Waals surface area contributed by atoms with Crippen molar-refractivity contribution < 1.29 is 59.1 Å². The third-order valence-corrected chi connectivity index (χ3v) is 2.18. The number of hydrogen-bond acceptors (Lipinski definition) is 2. The van der Waals surface area contributed by atoms with E-state index >= 15 is 0 Å². The van der Waals surface area contributed by atoms with Crippen LogP contribution < -0.4 is 0 Å². The van der Waals surface area contributed by atoms with Gasteiger partial charge < -0.3 is 10.2 Å². The van der Waals surface area contributed by atoms with Crippen LogP contribution in [0.2, 0.25) is 0 Å². The molecule has 0 aliphatic heterocycles. The summed E-state index contributed by atoms with van der Waals surface area (Å²) in [6, 6.07) is 5.25. The van der Waals surface area contributed by atoms with Gasteiger partial charge in [0.25, 0.3) is 0 Å². The number of aryl methyl sites for hydroxylation is 1. The van der Waals surface area contributed by atoms with Gasteiger partial charge in [-0.15, -0.1) is 0 Å². The fourth-order valence-corrected chi connectivity index (χ4v) is 1.20. The van der Waals surface area contributed by atoms with Crippen LogP contribution in [0, 0.1) is 57.9 Å². The van der Waals surface area contributed by atoms with E-state index in [1.807, 2.05) is 13.0 Å². The largest absolute Gasteiger partial charge is 0.479 e. The monoisotopic (exact) mass is 407 g/mol. The van der Waals surface area contributed by atoms with Crippen molar-refractivity contribution >= 4 is 5.97 Å². The minimum absolute atomic E-state index is 0. The van der Waals surface area contributed by atoms with Crippen molar-refractivity contribution in [3.05, 3.63) is 34.9 Å². The number of hydrogen-bond donors (Lipinski definition) is 2. The average Bonchev–Trinajstić information content (AvgIpc) is 2.08. The van der Waals surface area contributed by atoms with E-state index in [0.29, 0.717) is 5.56 Å². The fourth-order valence-electron chi connectivity index (χ4n) is 1.20. The van der Waals surface area contributed by atoms with Crippen molar-refractivity contribution in [2.45, 2.75) is 20.0 Å². The maximum atomic E-state index is 10.5. The van der Waals surface area contributed by atoms with Crippen LogP contribution in [0.15, 0.2) is 18.2 Å². The van der Waals surface area contributed by atoms with Crippen LogP contribution in [-0.2, 0) is 4.79 Å². The molecule has 0 aliphatic carbocycles. The molecule has 14 heavy (non-hydrogen) atoms. The molecule has 3 nitrogen and oxygen atoms in total. The Kier molecular flexibility index (Phi) is 5.89. The Morgan fingerprint density at radius 2 is 1.93 bits per heavy atom. The topological polar surface area (TPSA) is 57.5 Å². The van der Waals surface area contributed by atoms with Crippen molar-refractivity contribution in [2.75, 3.05) is 0 Å². The number of benzene rings is 1. The first-order valence-corrected chi connectivity index (χ1v) is 4.01. The molecule has 1 rings (SSSR count). The summed E-state index contributed by atoms with van der Waals surface area (Å²) >= 11 is 0. The average molecular weight is 407 g/mol. The molecule has 1 aromatic rings. The summed E-state index contributed by atoms with van der Waals surface area (Å²) in [5.74, 6) is -1.21. The molecule has 1 atom stereocenters. The third-order valence-electron chi connectivity index (χ3n) is 2.18. The Morgan fingerprint density at radius 3 is 2.43 bits per heavy atom. The van der Waals surface area contributed by atoms with Crippen LogP contribution in [0.1, 0.15) is 22.8 Å². The fraction of sp³-hybridized carbons (Fsp3) is 0.300. The molecule has 0 saturated carbocycles. The van der Waals surface area contributed by atoms with Gasteiger partial charge >= 0.3 is 5.97 Å². The van der Waals surface area contributed by atoms with E-state index in [1.54, 1.807) is 19.1 Å². The van der Waals surface area contributed by atoms with Gasteiger partial charge in [-0.25, -0.2) is 4.79 Å². The second-order valence-corrected chi connectivity index (χ2v) is 3.03. The minimum Gasteiger partial charge on any atom is -0.479 e. The Labute approximate surface area is 119 Å². The maximum Gasteiger partial charge on any atom is 0.337 e. The van der Waals surface area contributed by atoms with Gasteiger partial charge in [0.1, 0.15) is 0 Å². The molecular weight excluding hydrogens is 395 g/mol. The number of carboxylic acid groups (broad SMARTS) is 1. The summed E-state index contributed by atoms with van der Waals surface area (Å²) in [6.45, 7) is 3.68. The van der Waals surface area contributed by atoms with Crippen molar-refractivity contribution in [3.8, 4) is 0 Å². The third kappa shape index (κ3) is 3.05. The molecule has 0 aromatic heterocycles. The molecular formula is C10H12AcO3. The molecule has 0 heterocycles. The van der Waals surface area contributed by atoms with E-state index in [9.17, 15) is 9.90 Å². The number of aliphatic carboxylic acids is 1. The zero-order valence-corrected chi connectivity index (χ0v) is 12.9. The minimum atomic E-state index is -1.42. The van der Waals surface area contributed by atoms with E-state index in [-0.39, 0.29) is 44.1 Å². The van der Waals surface area contributed by atoms with E-state index < -0.39 is 12.1 Å². The van der Waals surface area contributed by atoms with Gasteiger partial charge in [-0.2, -0.15) is 0 Å². The molecule has 0 bridgehead atoms. The number of carbonyl (C=O) groups is 1. The summed E-state index contributed by atoms with van der Waals surface area (Å²) in [5, 5.41) is 17.9. The van der Waals surface area contributed by atoms with E-state index in [4.69, 9.17) is 5.11 Å². The summed E-state index contributed by atoms with van der Waals surface area (Å²) in [5.41, 5.74) is 2.28. The van der Waals surface area contributed by atoms with Gasteiger partial charge in [0, 0.05) is 44.1 Å². The number of rotatable bonds is 2. The Balaban J connectivity index is 0.00000169. The molecule has 0 spiro atoms. The molecule has 1 unspecified atom stereocenters. The first-order chi connectivity index (χ1) is 6.04. The summed E-state index contributed by atoms with van der Waals surface area (Å²) in [7, 11) is 0. The van der Waals surface area contributed by atoms with E-state index in [2.05, 4.69) is 0 Å². The second-order valence-electron chi connectivity index (χ2n) is 3.03. The molecule has 2 N–H and O–H groups in total. The van der Waals surface area contributed by atoms with Gasteiger partial charge in [0.05, 0.1) is 0 Å². The SMILES string of the molecule is Cc1cccc(C(O)C(=O)O)c1C.[Ac]. The standard InChI is InChI=1S/C10H12O3.Ac/c1-6-4-3-5-8(7(6)2)9(11)10(12)13;/h3-5,9,11H,1-2H3,(H,12,13);. The molecule has 0 amide bonds. The van der Waals surface area contributed by atoms with Crippen LogP contribution in [0.4, 0.5) is 0 Å². The van der Waals surface area contributed by atoms with Crippen LogP contribution in [0.5, 0.6) is 0 Å². The van der Waals surface area contributed by atoms with Gasteiger partial charge in [-0.1, -0.05) is 18.2 Å². The molecule has 0 aliphatic rings. The molecule has 0 fully saturated rings. The van der Waals surface area contributed by atoms with Gasteiger partial charge in [-0.3, -0.25) is 0 Å². The van der Waals surface area contributed by atoms with Crippen molar-refractivity contribution in [1.82, 2.24) is 0 Å². The Bertz CT molecular complexity index is 336. The van der Waals surface area contributed by atoms with Gasteiger partial charge in [-0.05, 0) is 30.5 Å². The molecule has 4 heteroatoms. The quantitative estimate of drug-likeness (QED) is 0.780.